The lowest BCUT2D eigenvalue weighted by Gasteiger charge is -2.27. The third-order valence-corrected chi connectivity index (χ3v) is 3.70. The lowest BCUT2D eigenvalue weighted by molar-refractivity contribution is 0.201. The minimum Gasteiger partial charge on any atom is -0.496 e. The summed E-state index contributed by atoms with van der Waals surface area (Å²) in [7, 11) is 1.69. The van der Waals surface area contributed by atoms with Crippen LogP contribution in [0.25, 0.3) is 0 Å². The highest BCUT2D eigenvalue weighted by atomic mass is 16.5. The fraction of sp³-hybridized carbons (Fsp3) is 0.562. The zero-order valence-electron chi connectivity index (χ0n) is 12.0. The Bertz CT molecular complexity index is 472. The first kappa shape index (κ1) is 13.9. The largest absolute Gasteiger partial charge is 0.496 e. The molecule has 0 N–H and O–H groups in total. The molecule has 1 aliphatic rings. The summed E-state index contributed by atoms with van der Waals surface area (Å²) in [5.74, 6) is 1.74. The summed E-state index contributed by atoms with van der Waals surface area (Å²) in [6, 6.07) is 8.36. The second kappa shape index (κ2) is 6.08. The first-order valence-electron chi connectivity index (χ1n) is 6.95. The lowest BCUT2D eigenvalue weighted by Crippen LogP contribution is -2.32. The van der Waals surface area contributed by atoms with Crippen molar-refractivity contribution >= 4 is 0 Å². The van der Waals surface area contributed by atoms with Gasteiger partial charge < -0.3 is 4.74 Å². The van der Waals surface area contributed by atoms with Gasteiger partial charge in [0.05, 0.1) is 18.7 Å². The van der Waals surface area contributed by atoms with E-state index in [2.05, 4.69) is 24.8 Å². The van der Waals surface area contributed by atoms with E-state index >= 15 is 0 Å². The van der Waals surface area contributed by atoms with Gasteiger partial charge in [-0.1, -0.05) is 0 Å². The zero-order chi connectivity index (χ0) is 13.8. The maximum atomic E-state index is 9.02. The predicted octanol–water partition coefficient (Wildman–Crippen LogP) is 3.19. The molecule has 0 amide bonds. The fourth-order valence-electron chi connectivity index (χ4n) is 2.28. The molecule has 0 atom stereocenters. The number of ether oxygens (including phenoxy) is 1. The van der Waals surface area contributed by atoms with Crippen molar-refractivity contribution in [2.24, 2.45) is 5.92 Å². The summed E-state index contributed by atoms with van der Waals surface area (Å²) in [6.07, 6.45) is 2.72. The molecule has 0 aliphatic heterocycles. The summed E-state index contributed by atoms with van der Waals surface area (Å²) in [5.41, 5.74) is 1.81. The molecule has 102 valence electrons. The van der Waals surface area contributed by atoms with E-state index in [1.165, 1.54) is 12.8 Å². The third-order valence-electron chi connectivity index (χ3n) is 3.70. The molecular formula is C16H22N2O. The van der Waals surface area contributed by atoms with E-state index in [1.807, 2.05) is 18.2 Å². The number of hydrogen-bond donors (Lipinski definition) is 0. The van der Waals surface area contributed by atoms with Crippen molar-refractivity contribution in [3.8, 4) is 11.8 Å². The van der Waals surface area contributed by atoms with E-state index < -0.39 is 0 Å². The zero-order valence-corrected chi connectivity index (χ0v) is 12.0. The van der Waals surface area contributed by atoms with Crippen molar-refractivity contribution in [3.63, 3.8) is 0 Å². The SMILES string of the molecule is COc1ccc(C#N)cc1CN(CC1CC1)C(C)C. The average molecular weight is 258 g/mol. The smallest absolute Gasteiger partial charge is 0.123 e. The highest BCUT2D eigenvalue weighted by Crippen LogP contribution is 2.31. The Morgan fingerprint density at radius 1 is 1.42 bits per heavy atom. The minimum absolute atomic E-state index is 0.510. The van der Waals surface area contributed by atoms with Gasteiger partial charge >= 0.3 is 0 Å². The Morgan fingerprint density at radius 3 is 2.68 bits per heavy atom. The van der Waals surface area contributed by atoms with Crippen molar-refractivity contribution in [1.82, 2.24) is 4.90 Å². The highest BCUT2D eigenvalue weighted by molar-refractivity contribution is 5.42. The van der Waals surface area contributed by atoms with Crippen LogP contribution >= 0.6 is 0 Å². The maximum absolute atomic E-state index is 9.02. The molecule has 3 nitrogen and oxygen atoms in total. The Hall–Kier alpha value is -1.53. The summed E-state index contributed by atoms with van der Waals surface area (Å²) >= 11 is 0. The Kier molecular flexibility index (Phi) is 4.44. The first-order chi connectivity index (χ1) is 9.13. The van der Waals surface area contributed by atoms with Crippen LogP contribution in [0.5, 0.6) is 5.75 Å². The summed E-state index contributed by atoms with van der Waals surface area (Å²) in [6.45, 7) is 6.45. The molecule has 1 aliphatic carbocycles. The number of methoxy groups -OCH3 is 1. The molecule has 0 aromatic heterocycles. The van der Waals surface area contributed by atoms with Gasteiger partial charge in [-0.15, -0.1) is 0 Å². The number of nitrogens with zero attached hydrogens (tertiary/aromatic N) is 2. The van der Waals surface area contributed by atoms with E-state index in [1.54, 1.807) is 7.11 Å². The second-order valence-electron chi connectivity index (χ2n) is 5.60. The highest BCUT2D eigenvalue weighted by Gasteiger charge is 2.26. The Morgan fingerprint density at radius 2 is 2.16 bits per heavy atom. The van der Waals surface area contributed by atoms with Crippen LogP contribution in [-0.4, -0.2) is 24.6 Å². The molecule has 1 aromatic rings. The molecule has 0 heterocycles. The summed E-state index contributed by atoms with van der Waals surface area (Å²) < 4.78 is 5.41. The standard InChI is InChI=1S/C16H22N2O/c1-12(2)18(10-13-4-5-13)11-15-8-14(9-17)6-7-16(15)19-3/h6-8,12-13H,4-5,10-11H2,1-3H3. The number of benzene rings is 1. The molecule has 1 fully saturated rings. The topological polar surface area (TPSA) is 36.3 Å². The predicted molar refractivity (Wildman–Crippen MR) is 76.0 cm³/mol. The molecule has 0 bridgehead atoms. The first-order valence-corrected chi connectivity index (χ1v) is 6.95. The number of nitriles is 1. The quantitative estimate of drug-likeness (QED) is 0.786. The molecule has 0 radical (unpaired) electrons. The Labute approximate surface area is 115 Å². The van der Waals surface area contributed by atoms with Crippen molar-refractivity contribution in [2.75, 3.05) is 13.7 Å². The van der Waals surface area contributed by atoms with Crippen LogP contribution in [0.2, 0.25) is 0 Å². The van der Waals surface area contributed by atoms with E-state index in [0.29, 0.717) is 11.6 Å². The van der Waals surface area contributed by atoms with Crippen LogP contribution in [0.4, 0.5) is 0 Å². The maximum Gasteiger partial charge on any atom is 0.123 e. The van der Waals surface area contributed by atoms with Crippen LogP contribution in [0.3, 0.4) is 0 Å². The van der Waals surface area contributed by atoms with Gasteiger partial charge in [0.1, 0.15) is 5.75 Å². The van der Waals surface area contributed by atoms with Crippen molar-refractivity contribution in [1.29, 1.82) is 5.26 Å². The van der Waals surface area contributed by atoms with Gasteiger partial charge in [0, 0.05) is 24.7 Å². The molecule has 0 unspecified atom stereocenters. The van der Waals surface area contributed by atoms with Gasteiger partial charge in [-0.05, 0) is 50.8 Å². The normalized spacial score (nSPS) is 14.7. The molecule has 19 heavy (non-hydrogen) atoms. The van der Waals surface area contributed by atoms with Crippen molar-refractivity contribution in [2.45, 2.75) is 39.3 Å². The van der Waals surface area contributed by atoms with Crippen LogP contribution in [0.15, 0.2) is 18.2 Å². The van der Waals surface area contributed by atoms with E-state index in [0.717, 1.165) is 30.3 Å². The van der Waals surface area contributed by atoms with Crippen LogP contribution in [0, 0.1) is 17.2 Å². The molecule has 0 spiro atoms. The van der Waals surface area contributed by atoms with Gasteiger partial charge in [0.2, 0.25) is 0 Å². The van der Waals surface area contributed by atoms with Crippen molar-refractivity contribution < 1.29 is 4.74 Å². The molecule has 2 rings (SSSR count). The summed E-state index contributed by atoms with van der Waals surface area (Å²) in [4.78, 5) is 2.47. The van der Waals surface area contributed by atoms with Gasteiger partial charge in [-0.2, -0.15) is 5.26 Å². The van der Waals surface area contributed by atoms with Gasteiger partial charge in [0.25, 0.3) is 0 Å². The van der Waals surface area contributed by atoms with Crippen LogP contribution in [-0.2, 0) is 6.54 Å². The van der Waals surface area contributed by atoms with Gasteiger partial charge in [0.15, 0.2) is 0 Å². The third kappa shape index (κ3) is 3.71. The van der Waals surface area contributed by atoms with Crippen molar-refractivity contribution in [3.05, 3.63) is 29.3 Å². The van der Waals surface area contributed by atoms with E-state index in [4.69, 9.17) is 10.00 Å². The molecule has 1 aromatic carbocycles. The molecule has 3 heteroatoms. The van der Waals surface area contributed by atoms with Crippen LogP contribution < -0.4 is 4.74 Å². The number of hydrogen-bond acceptors (Lipinski definition) is 3. The molecule has 1 saturated carbocycles. The minimum atomic E-state index is 0.510. The number of rotatable bonds is 6. The fourth-order valence-corrected chi connectivity index (χ4v) is 2.28. The van der Waals surface area contributed by atoms with Crippen LogP contribution in [0.1, 0.15) is 37.8 Å². The summed E-state index contributed by atoms with van der Waals surface area (Å²) in [5, 5.41) is 9.02. The van der Waals surface area contributed by atoms with Gasteiger partial charge in [-0.3, -0.25) is 4.90 Å². The molecule has 0 saturated heterocycles. The molecular weight excluding hydrogens is 236 g/mol. The lowest BCUT2D eigenvalue weighted by atomic mass is 10.1. The van der Waals surface area contributed by atoms with Gasteiger partial charge in [-0.25, -0.2) is 0 Å². The van der Waals surface area contributed by atoms with E-state index in [9.17, 15) is 0 Å². The average Bonchev–Trinajstić information content (AvgIpc) is 3.21. The second-order valence-corrected chi connectivity index (χ2v) is 5.60. The Balaban J connectivity index is 2.16. The monoisotopic (exact) mass is 258 g/mol. The van der Waals surface area contributed by atoms with E-state index in [-0.39, 0.29) is 0 Å².